The largest absolute Gasteiger partial charge is 0.483 e. The quantitative estimate of drug-likeness (QED) is 0.623. The second kappa shape index (κ2) is 7.75. The van der Waals surface area contributed by atoms with E-state index in [2.05, 4.69) is 20.8 Å². The third kappa shape index (κ3) is 4.19. The van der Waals surface area contributed by atoms with Crippen LogP contribution in [0.1, 0.15) is 19.4 Å². The van der Waals surface area contributed by atoms with Crippen LogP contribution < -0.4 is 14.8 Å². The molecular formula is C20H21N5O3S. The van der Waals surface area contributed by atoms with E-state index in [0.717, 1.165) is 23.4 Å². The van der Waals surface area contributed by atoms with Gasteiger partial charge in [-0.2, -0.15) is 4.68 Å². The number of aromatic nitrogens is 4. The zero-order valence-corrected chi connectivity index (χ0v) is 17.2. The lowest BCUT2D eigenvalue weighted by atomic mass is 10.0. The molecule has 8 nitrogen and oxygen atoms in total. The first-order valence-corrected chi connectivity index (χ1v) is 10.3. The highest BCUT2D eigenvalue weighted by Gasteiger charge is 2.32. The van der Waals surface area contributed by atoms with E-state index in [1.165, 1.54) is 11.8 Å². The number of tetrazole rings is 1. The number of thioether (sulfide) groups is 1. The molecule has 1 amide bonds. The summed E-state index contributed by atoms with van der Waals surface area (Å²) in [5.41, 5.74) is 2.21. The van der Waals surface area contributed by atoms with E-state index in [0.29, 0.717) is 16.6 Å². The van der Waals surface area contributed by atoms with E-state index < -0.39 is 0 Å². The van der Waals surface area contributed by atoms with Gasteiger partial charge in [0.05, 0.1) is 5.69 Å². The lowest BCUT2D eigenvalue weighted by Gasteiger charge is -2.18. The predicted octanol–water partition coefficient (Wildman–Crippen LogP) is 3.12. The van der Waals surface area contributed by atoms with Crippen molar-refractivity contribution < 1.29 is 14.3 Å². The first-order chi connectivity index (χ1) is 13.9. The first-order valence-electron chi connectivity index (χ1n) is 9.11. The number of carbonyl (C=O) groups is 1. The minimum absolute atomic E-state index is 0.120. The van der Waals surface area contributed by atoms with Gasteiger partial charge in [-0.1, -0.05) is 30.0 Å². The van der Waals surface area contributed by atoms with Crippen LogP contribution in [0, 0.1) is 0 Å². The minimum atomic E-state index is -0.268. The molecule has 0 fully saturated rings. The fourth-order valence-corrected chi connectivity index (χ4v) is 3.66. The summed E-state index contributed by atoms with van der Waals surface area (Å²) in [4.78, 5) is 12.4. The van der Waals surface area contributed by atoms with Crippen LogP contribution in [-0.4, -0.2) is 44.6 Å². The molecule has 2 heterocycles. The van der Waals surface area contributed by atoms with E-state index in [-0.39, 0.29) is 18.1 Å². The fraction of sp³-hybridized carbons (Fsp3) is 0.300. The third-order valence-corrected chi connectivity index (χ3v) is 5.03. The van der Waals surface area contributed by atoms with Crippen LogP contribution in [0.15, 0.2) is 47.6 Å². The molecule has 29 heavy (non-hydrogen) atoms. The number of para-hydroxylation sites is 1. The molecule has 1 aliphatic heterocycles. The number of benzene rings is 2. The SMILES string of the molecule is CSc1nnnn1-c1cccc(NC(=O)COc2cccc3c2OC(C)(C)C3)c1. The van der Waals surface area contributed by atoms with Gasteiger partial charge in [0.25, 0.3) is 5.91 Å². The van der Waals surface area contributed by atoms with Crippen molar-refractivity contribution in [3.8, 4) is 17.2 Å². The highest BCUT2D eigenvalue weighted by molar-refractivity contribution is 7.98. The molecule has 3 aromatic rings. The number of carbonyl (C=O) groups excluding carboxylic acids is 1. The molecule has 0 bridgehead atoms. The molecule has 0 atom stereocenters. The summed E-state index contributed by atoms with van der Waals surface area (Å²) in [5, 5.41) is 15.1. The summed E-state index contributed by atoms with van der Waals surface area (Å²) in [6, 6.07) is 13.1. The number of fused-ring (bicyclic) bond motifs is 1. The molecule has 9 heteroatoms. The van der Waals surface area contributed by atoms with Crippen LogP contribution in [0.3, 0.4) is 0 Å². The Bertz CT molecular complexity index is 1050. The van der Waals surface area contributed by atoms with E-state index in [1.807, 2.05) is 50.4 Å². The molecule has 2 aromatic carbocycles. The molecule has 0 aliphatic carbocycles. The van der Waals surface area contributed by atoms with E-state index >= 15 is 0 Å². The van der Waals surface area contributed by atoms with E-state index in [9.17, 15) is 4.79 Å². The maximum Gasteiger partial charge on any atom is 0.262 e. The minimum Gasteiger partial charge on any atom is -0.483 e. The zero-order valence-electron chi connectivity index (χ0n) is 16.4. The molecule has 0 spiro atoms. The maximum absolute atomic E-state index is 12.4. The number of nitrogens with one attached hydrogen (secondary N) is 1. The van der Waals surface area contributed by atoms with Crippen molar-refractivity contribution in [3.63, 3.8) is 0 Å². The number of amides is 1. The smallest absolute Gasteiger partial charge is 0.262 e. The lowest BCUT2D eigenvalue weighted by molar-refractivity contribution is -0.118. The molecular weight excluding hydrogens is 390 g/mol. The summed E-state index contributed by atoms with van der Waals surface area (Å²) in [7, 11) is 0. The van der Waals surface area contributed by atoms with Gasteiger partial charge in [-0.3, -0.25) is 4.79 Å². The second-order valence-electron chi connectivity index (χ2n) is 7.25. The summed E-state index contributed by atoms with van der Waals surface area (Å²) >= 11 is 1.44. The van der Waals surface area contributed by atoms with Crippen LogP contribution in [0.2, 0.25) is 0 Å². The molecule has 150 valence electrons. The van der Waals surface area contributed by atoms with Crippen LogP contribution in [-0.2, 0) is 11.2 Å². The van der Waals surface area contributed by atoms with Crippen molar-refractivity contribution in [2.75, 3.05) is 18.2 Å². The van der Waals surface area contributed by atoms with Gasteiger partial charge in [-0.25, -0.2) is 0 Å². The molecule has 0 saturated heterocycles. The van der Waals surface area contributed by atoms with Gasteiger partial charge in [-0.05, 0) is 54.8 Å². The monoisotopic (exact) mass is 411 g/mol. The predicted molar refractivity (Wildman–Crippen MR) is 110 cm³/mol. The summed E-state index contributed by atoms with van der Waals surface area (Å²) in [5.74, 6) is 1.03. The molecule has 0 unspecified atom stereocenters. The van der Waals surface area contributed by atoms with Gasteiger partial charge in [0, 0.05) is 17.7 Å². The van der Waals surface area contributed by atoms with Crippen molar-refractivity contribution in [1.82, 2.24) is 20.2 Å². The van der Waals surface area contributed by atoms with Gasteiger partial charge in [0.1, 0.15) is 5.60 Å². The summed E-state index contributed by atoms with van der Waals surface area (Å²) in [6.45, 7) is 3.94. The van der Waals surface area contributed by atoms with Crippen molar-refractivity contribution in [1.29, 1.82) is 0 Å². The number of hydrogen-bond donors (Lipinski definition) is 1. The Morgan fingerprint density at radius 1 is 1.31 bits per heavy atom. The summed E-state index contributed by atoms with van der Waals surface area (Å²) < 4.78 is 13.3. The van der Waals surface area contributed by atoms with E-state index in [4.69, 9.17) is 9.47 Å². The first kappa shape index (κ1) is 19.3. The van der Waals surface area contributed by atoms with Crippen LogP contribution in [0.4, 0.5) is 5.69 Å². The summed E-state index contributed by atoms with van der Waals surface area (Å²) in [6.07, 6.45) is 2.71. The fourth-order valence-electron chi connectivity index (χ4n) is 3.23. The number of rotatable bonds is 6. The Kier molecular flexibility index (Phi) is 5.14. The Hall–Kier alpha value is -3.07. The standard InChI is InChI=1S/C20H21N5O3S/c1-20(2)11-13-6-4-9-16(18(13)28-20)27-12-17(26)21-14-7-5-8-15(10-14)25-19(29-3)22-23-24-25/h4-10H,11-12H2,1-3H3,(H,21,26). The molecule has 1 N–H and O–H groups in total. The average molecular weight is 411 g/mol. The van der Waals surface area contributed by atoms with Crippen LogP contribution in [0.25, 0.3) is 5.69 Å². The van der Waals surface area contributed by atoms with Crippen molar-refractivity contribution in [2.45, 2.75) is 31.0 Å². The molecule has 0 radical (unpaired) electrons. The van der Waals surface area contributed by atoms with Gasteiger partial charge in [-0.15, -0.1) is 5.10 Å². The van der Waals surface area contributed by atoms with Crippen molar-refractivity contribution in [3.05, 3.63) is 48.0 Å². The van der Waals surface area contributed by atoms with Crippen LogP contribution >= 0.6 is 11.8 Å². The molecule has 0 saturated carbocycles. The Morgan fingerprint density at radius 2 is 2.14 bits per heavy atom. The zero-order chi connectivity index (χ0) is 20.4. The maximum atomic E-state index is 12.4. The average Bonchev–Trinajstić information content (AvgIpc) is 3.29. The normalized spacial score (nSPS) is 14.2. The third-order valence-electron chi connectivity index (χ3n) is 4.41. The number of nitrogens with zero attached hydrogens (tertiary/aromatic N) is 4. The number of anilines is 1. The Morgan fingerprint density at radius 3 is 2.97 bits per heavy atom. The van der Waals surface area contributed by atoms with Gasteiger partial charge >= 0.3 is 0 Å². The van der Waals surface area contributed by atoms with Gasteiger partial charge in [0.15, 0.2) is 18.1 Å². The molecule has 4 rings (SSSR count). The molecule has 1 aliphatic rings. The van der Waals surface area contributed by atoms with Crippen LogP contribution in [0.5, 0.6) is 11.5 Å². The van der Waals surface area contributed by atoms with E-state index in [1.54, 1.807) is 16.8 Å². The Balaban J connectivity index is 1.42. The van der Waals surface area contributed by atoms with Crippen molar-refractivity contribution in [2.24, 2.45) is 0 Å². The molecule has 1 aromatic heterocycles. The van der Waals surface area contributed by atoms with Gasteiger partial charge < -0.3 is 14.8 Å². The lowest BCUT2D eigenvalue weighted by Crippen LogP contribution is -2.25. The highest BCUT2D eigenvalue weighted by Crippen LogP contribution is 2.41. The Labute approximate surface area is 172 Å². The highest BCUT2D eigenvalue weighted by atomic mass is 32.2. The second-order valence-corrected chi connectivity index (χ2v) is 8.02. The van der Waals surface area contributed by atoms with Crippen molar-refractivity contribution >= 4 is 23.4 Å². The number of ether oxygens (including phenoxy) is 2. The van der Waals surface area contributed by atoms with Gasteiger partial charge in [0.2, 0.25) is 5.16 Å². The number of hydrogen-bond acceptors (Lipinski definition) is 7. The topological polar surface area (TPSA) is 91.2 Å².